The highest BCUT2D eigenvalue weighted by Crippen LogP contribution is 2.18. The molecule has 3 N–H and O–H groups in total. The average Bonchev–Trinajstić information content (AvgIpc) is 2.33. The van der Waals surface area contributed by atoms with Gasteiger partial charge < -0.3 is 15.7 Å². The molecule has 110 valence electrons. The Morgan fingerprint density at radius 2 is 2.15 bits per heavy atom. The van der Waals surface area contributed by atoms with E-state index in [4.69, 9.17) is 16.7 Å². The van der Waals surface area contributed by atoms with Gasteiger partial charge in [0.1, 0.15) is 5.82 Å². The predicted molar refractivity (Wildman–Crippen MR) is 74.5 cm³/mol. The first-order valence-electron chi connectivity index (χ1n) is 6.16. The number of aliphatic carboxylic acids is 1. The topological polar surface area (TPSA) is 78.4 Å². The Balaban J connectivity index is 2.60. The summed E-state index contributed by atoms with van der Waals surface area (Å²) in [4.78, 5) is 22.4. The van der Waals surface area contributed by atoms with Crippen LogP contribution in [0.4, 0.5) is 14.9 Å². The molecule has 1 aromatic rings. The van der Waals surface area contributed by atoms with Crippen LogP contribution in [0.15, 0.2) is 18.2 Å². The molecule has 5 nitrogen and oxygen atoms in total. The van der Waals surface area contributed by atoms with Gasteiger partial charge in [-0.2, -0.15) is 0 Å². The Morgan fingerprint density at radius 1 is 1.45 bits per heavy atom. The summed E-state index contributed by atoms with van der Waals surface area (Å²) in [6, 6.07) is 2.83. The molecule has 2 amide bonds. The second kappa shape index (κ2) is 7.69. The number of amides is 2. The van der Waals surface area contributed by atoms with Gasteiger partial charge in [0.25, 0.3) is 0 Å². The van der Waals surface area contributed by atoms with Crippen molar-refractivity contribution in [3.63, 3.8) is 0 Å². The number of hydrogen-bond acceptors (Lipinski definition) is 2. The zero-order valence-electron chi connectivity index (χ0n) is 11.0. The number of carboxylic acid groups (broad SMARTS) is 1. The highest BCUT2D eigenvalue weighted by atomic mass is 35.5. The number of anilines is 1. The molecule has 1 rings (SSSR count). The van der Waals surface area contributed by atoms with Gasteiger partial charge in [0.15, 0.2) is 0 Å². The van der Waals surface area contributed by atoms with Crippen molar-refractivity contribution in [2.24, 2.45) is 0 Å². The third-order valence-electron chi connectivity index (χ3n) is 2.57. The number of carbonyl (C=O) groups excluding carboxylic acids is 1. The van der Waals surface area contributed by atoms with E-state index in [1.807, 2.05) is 6.92 Å². The normalized spacial score (nSPS) is 11.8. The van der Waals surface area contributed by atoms with E-state index < -0.39 is 23.9 Å². The number of carboxylic acids is 1. The lowest BCUT2D eigenvalue weighted by Crippen LogP contribution is -2.39. The average molecular weight is 303 g/mol. The van der Waals surface area contributed by atoms with Crippen LogP contribution in [-0.4, -0.2) is 23.1 Å². The fourth-order valence-corrected chi connectivity index (χ4v) is 1.83. The van der Waals surface area contributed by atoms with Crippen LogP contribution in [-0.2, 0) is 4.79 Å². The first kappa shape index (κ1) is 16.2. The Morgan fingerprint density at radius 3 is 2.70 bits per heavy atom. The second-order valence-corrected chi connectivity index (χ2v) is 4.72. The van der Waals surface area contributed by atoms with Crippen molar-refractivity contribution in [2.75, 3.05) is 5.32 Å². The van der Waals surface area contributed by atoms with E-state index in [1.165, 1.54) is 12.1 Å². The van der Waals surface area contributed by atoms with Crippen LogP contribution in [0.1, 0.15) is 26.2 Å². The summed E-state index contributed by atoms with van der Waals surface area (Å²) in [5.74, 6) is -1.62. The summed E-state index contributed by atoms with van der Waals surface area (Å²) in [5.41, 5.74) is 0.245. The van der Waals surface area contributed by atoms with Crippen LogP contribution in [0.5, 0.6) is 0 Å². The molecule has 0 heterocycles. The summed E-state index contributed by atoms with van der Waals surface area (Å²) >= 11 is 5.53. The molecule has 0 saturated carbocycles. The standard InChI is InChI=1S/C13H16ClFN2O3/c1-2-3-8(7-12(18)19)16-13(20)17-9-4-5-10(14)11(15)6-9/h4-6,8H,2-3,7H2,1H3,(H,18,19)(H2,16,17,20). The van der Waals surface area contributed by atoms with Crippen molar-refractivity contribution in [3.05, 3.63) is 29.0 Å². The summed E-state index contributed by atoms with van der Waals surface area (Å²) in [7, 11) is 0. The molecular weight excluding hydrogens is 287 g/mol. The molecule has 0 aliphatic heterocycles. The Hall–Kier alpha value is -1.82. The minimum atomic E-state index is -0.985. The van der Waals surface area contributed by atoms with Gasteiger partial charge in [0, 0.05) is 11.7 Å². The molecule has 1 unspecified atom stereocenters. The van der Waals surface area contributed by atoms with Crippen molar-refractivity contribution >= 4 is 29.3 Å². The first-order valence-corrected chi connectivity index (χ1v) is 6.54. The molecule has 0 aromatic heterocycles. The van der Waals surface area contributed by atoms with E-state index in [0.717, 1.165) is 12.5 Å². The number of nitrogens with one attached hydrogen (secondary N) is 2. The third kappa shape index (κ3) is 5.44. The summed E-state index contributed by atoms with van der Waals surface area (Å²) < 4.78 is 13.2. The second-order valence-electron chi connectivity index (χ2n) is 4.31. The van der Waals surface area contributed by atoms with Crippen molar-refractivity contribution in [2.45, 2.75) is 32.2 Å². The van der Waals surface area contributed by atoms with Crippen LogP contribution >= 0.6 is 11.6 Å². The number of benzene rings is 1. The van der Waals surface area contributed by atoms with Crippen LogP contribution in [0.2, 0.25) is 5.02 Å². The number of urea groups is 1. The number of rotatable bonds is 6. The molecule has 0 saturated heterocycles. The summed E-state index contributed by atoms with van der Waals surface area (Å²) in [6.45, 7) is 1.89. The van der Waals surface area contributed by atoms with Crippen LogP contribution in [0.25, 0.3) is 0 Å². The Bertz CT molecular complexity index is 497. The third-order valence-corrected chi connectivity index (χ3v) is 2.88. The Labute approximate surface area is 121 Å². The highest BCUT2D eigenvalue weighted by Gasteiger charge is 2.15. The van der Waals surface area contributed by atoms with Gasteiger partial charge in [-0.05, 0) is 24.6 Å². The molecule has 0 fully saturated rings. The summed E-state index contributed by atoms with van der Waals surface area (Å²) in [5, 5.41) is 13.7. The van der Waals surface area contributed by atoms with E-state index >= 15 is 0 Å². The maximum Gasteiger partial charge on any atom is 0.319 e. The van der Waals surface area contributed by atoms with Gasteiger partial charge in [-0.1, -0.05) is 24.9 Å². The quantitative estimate of drug-likeness (QED) is 0.755. The van der Waals surface area contributed by atoms with E-state index in [0.29, 0.717) is 6.42 Å². The van der Waals surface area contributed by atoms with Crippen LogP contribution in [0, 0.1) is 5.82 Å². The minimum Gasteiger partial charge on any atom is -0.481 e. The molecule has 1 aromatic carbocycles. The molecule has 0 bridgehead atoms. The molecule has 7 heteroatoms. The van der Waals surface area contributed by atoms with Gasteiger partial charge in [0.05, 0.1) is 11.4 Å². The summed E-state index contributed by atoms with van der Waals surface area (Å²) in [6.07, 6.45) is 1.14. The molecule has 1 atom stereocenters. The van der Waals surface area contributed by atoms with Crippen molar-refractivity contribution in [3.8, 4) is 0 Å². The van der Waals surface area contributed by atoms with Gasteiger partial charge >= 0.3 is 12.0 Å². The van der Waals surface area contributed by atoms with Crippen molar-refractivity contribution < 1.29 is 19.1 Å². The van der Waals surface area contributed by atoms with Crippen molar-refractivity contribution in [1.29, 1.82) is 0 Å². The van der Waals surface area contributed by atoms with E-state index in [2.05, 4.69) is 10.6 Å². The van der Waals surface area contributed by atoms with Crippen molar-refractivity contribution in [1.82, 2.24) is 5.32 Å². The van der Waals surface area contributed by atoms with Crippen LogP contribution < -0.4 is 10.6 Å². The first-order chi connectivity index (χ1) is 9.42. The van der Waals surface area contributed by atoms with Gasteiger partial charge in [0.2, 0.25) is 0 Å². The zero-order valence-corrected chi connectivity index (χ0v) is 11.7. The molecule has 0 spiro atoms. The number of halogens is 2. The molecule has 0 aliphatic carbocycles. The van der Waals surface area contributed by atoms with E-state index in [9.17, 15) is 14.0 Å². The largest absolute Gasteiger partial charge is 0.481 e. The maximum absolute atomic E-state index is 13.2. The maximum atomic E-state index is 13.2. The lowest BCUT2D eigenvalue weighted by Gasteiger charge is -2.16. The zero-order chi connectivity index (χ0) is 15.1. The van der Waals surface area contributed by atoms with E-state index in [-0.39, 0.29) is 17.1 Å². The van der Waals surface area contributed by atoms with Gasteiger partial charge in [-0.15, -0.1) is 0 Å². The van der Waals surface area contributed by atoms with E-state index in [1.54, 1.807) is 0 Å². The van der Waals surface area contributed by atoms with Crippen LogP contribution in [0.3, 0.4) is 0 Å². The van der Waals surface area contributed by atoms with Gasteiger partial charge in [-0.3, -0.25) is 4.79 Å². The minimum absolute atomic E-state index is 0.0364. The fraction of sp³-hybridized carbons (Fsp3) is 0.385. The fourth-order valence-electron chi connectivity index (χ4n) is 1.71. The molecule has 20 heavy (non-hydrogen) atoms. The monoisotopic (exact) mass is 302 g/mol. The predicted octanol–water partition coefficient (Wildman–Crippen LogP) is 3.24. The Kier molecular flexibility index (Phi) is 6.24. The lowest BCUT2D eigenvalue weighted by molar-refractivity contribution is -0.137. The molecule has 0 aliphatic rings. The highest BCUT2D eigenvalue weighted by molar-refractivity contribution is 6.30. The van der Waals surface area contributed by atoms with Gasteiger partial charge in [-0.25, -0.2) is 9.18 Å². The smallest absolute Gasteiger partial charge is 0.319 e. The molecular formula is C13H16ClFN2O3. The lowest BCUT2D eigenvalue weighted by atomic mass is 10.1. The number of carbonyl (C=O) groups is 2. The number of hydrogen-bond donors (Lipinski definition) is 3. The SMILES string of the molecule is CCCC(CC(=O)O)NC(=O)Nc1ccc(Cl)c(F)c1. The molecule has 0 radical (unpaired) electrons.